The van der Waals surface area contributed by atoms with Gasteiger partial charge in [0.2, 0.25) is 0 Å². The van der Waals surface area contributed by atoms with Gasteiger partial charge in [0, 0.05) is 5.56 Å². The Kier molecular flexibility index (Phi) is 3.34. The summed E-state index contributed by atoms with van der Waals surface area (Å²) in [6, 6.07) is 3.99. The third kappa shape index (κ3) is 2.80. The van der Waals surface area contributed by atoms with Crippen LogP contribution in [0.1, 0.15) is 15.9 Å². The number of hydrogen-bond donors (Lipinski definition) is 1. The lowest BCUT2D eigenvalue weighted by atomic mass is 10.1. The van der Waals surface area contributed by atoms with Crippen LogP contribution in [0.2, 0.25) is 0 Å². The van der Waals surface area contributed by atoms with E-state index >= 15 is 0 Å². The summed E-state index contributed by atoms with van der Waals surface area (Å²) in [7, 11) is 0. The molecule has 68 valence electrons. The van der Waals surface area contributed by atoms with E-state index in [-0.39, 0.29) is 12.2 Å². The predicted octanol–water partition coefficient (Wildman–Crippen LogP) is 1.64. The Morgan fingerprint density at radius 1 is 1.31 bits per heavy atom. The van der Waals surface area contributed by atoms with E-state index in [1.807, 2.05) is 0 Å². The van der Waals surface area contributed by atoms with Gasteiger partial charge < -0.3 is 5.11 Å². The Labute approximate surface area is 75.3 Å². The SMILES string of the molecule is O=Cc1cc(F)cc(C=CCO)c1. The lowest BCUT2D eigenvalue weighted by Gasteiger charge is -1.95. The van der Waals surface area contributed by atoms with E-state index in [0.717, 1.165) is 6.07 Å². The molecule has 0 unspecified atom stereocenters. The van der Waals surface area contributed by atoms with Crippen LogP contribution in [0, 0.1) is 5.82 Å². The molecule has 0 aromatic heterocycles. The van der Waals surface area contributed by atoms with Gasteiger partial charge in [0.1, 0.15) is 12.1 Å². The van der Waals surface area contributed by atoms with Gasteiger partial charge in [0.05, 0.1) is 6.61 Å². The van der Waals surface area contributed by atoms with Crippen LogP contribution in [0.5, 0.6) is 0 Å². The van der Waals surface area contributed by atoms with Crippen molar-refractivity contribution >= 4 is 12.4 Å². The Bertz CT molecular complexity index is 332. The van der Waals surface area contributed by atoms with E-state index in [4.69, 9.17) is 5.11 Å². The fraction of sp³-hybridized carbons (Fsp3) is 0.100. The number of hydrogen-bond acceptors (Lipinski definition) is 2. The summed E-state index contributed by atoms with van der Waals surface area (Å²) in [5.41, 5.74) is 0.855. The van der Waals surface area contributed by atoms with Crippen LogP contribution in [-0.2, 0) is 0 Å². The molecule has 1 aromatic carbocycles. The number of aliphatic hydroxyl groups excluding tert-OH is 1. The van der Waals surface area contributed by atoms with Gasteiger partial charge in [-0.2, -0.15) is 0 Å². The average Bonchev–Trinajstić information content (AvgIpc) is 2.14. The van der Waals surface area contributed by atoms with Crippen molar-refractivity contribution in [1.82, 2.24) is 0 Å². The summed E-state index contributed by atoms with van der Waals surface area (Å²) >= 11 is 0. The zero-order valence-electron chi connectivity index (χ0n) is 6.90. The van der Waals surface area contributed by atoms with Gasteiger partial charge in [0.15, 0.2) is 0 Å². The van der Waals surface area contributed by atoms with Gasteiger partial charge in [-0.1, -0.05) is 12.2 Å². The van der Waals surface area contributed by atoms with E-state index in [1.165, 1.54) is 12.1 Å². The predicted molar refractivity (Wildman–Crippen MR) is 47.9 cm³/mol. The van der Waals surface area contributed by atoms with Crippen LogP contribution in [0.15, 0.2) is 24.3 Å². The van der Waals surface area contributed by atoms with Crippen molar-refractivity contribution in [2.24, 2.45) is 0 Å². The smallest absolute Gasteiger partial charge is 0.150 e. The zero-order valence-corrected chi connectivity index (χ0v) is 6.90. The van der Waals surface area contributed by atoms with Crippen molar-refractivity contribution in [1.29, 1.82) is 0 Å². The van der Waals surface area contributed by atoms with Crippen LogP contribution in [0.25, 0.3) is 6.08 Å². The first-order valence-electron chi connectivity index (χ1n) is 3.79. The third-order valence-corrected chi connectivity index (χ3v) is 1.49. The molecule has 1 aromatic rings. The molecule has 0 aliphatic carbocycles. The maximum Gasteiger partial charge on any atom is 0.150 e. The van der Waals surface area contributed by atoms with Gasteiger partial charge in [-0.05, 0) is 23.8 Å². The van der Waals surface area contributed by atoms with Crippen molar-refractivity contribution in [3.8, 4) is 0 Å². The molecule has 0 heterocycles. The van der Waals surface area contributed by atoms with Crippen molar-refractivity contribution in [3.63, 3.8) is 0 Å². The summed E-state index contributed by atoms with van der Waals surface area (Å²) in [5, 5.41) is 8.47. The first kappa shape index (κ1) is 9.61. The normalized spacial score (nSPS) is 10.6. The number of aldehydes is 1. The Balaban J connectivity index is 3.01. The molecule has 0 saturated heterocycles. The van der Waals surface area contributed by atoms with Gasteiger partial charge in [0.25, 0.3) is 0 Å². The second kappa shape index (κ2) is 4.52. The average molecular weight is 180 g/mol. The molecule has 0 amide bonds. The maximum absolute atomic E-state index is 12.8. The second-order valence-corrected chi connectivity index (χ2v) is 2.52. The summed E-state index contributed by atoms with van der Waals surface area (Å²) in [6.07, 6.45) is 3.61. The lowest BCUT2D eigenvalue weighted by Crippen LogP contribution is -1.85. The fourth-order valence-corrected chi connectivity index (χ4v) is 0.989. The number of rotatable bonds is 3. The van der Waals surface area contributed by atoms with E-state index in [1.54, 1.807) is 12.1 Å². The Hall–Kier alpha value is -1.48. The highest BCUT2D eigenvalue weighted by atomic mass is 19.1. The van der Waals surface area contributed by atoms with E-state index in [2.05, 4.69) is 0 Å². The summed E-state index contributed by atoms with van der Waals surface area (Å²) in [6.45, 7) is -0.104. The molecule has 2 nitrogen and oxygen atoms in total. The van der Waals surface area contributed by atoms with Gasteiger partial charge in [-0.15, -0.1) is 0 Å². The summed E-state index contributed by atoms with van der Waals surface area (Å²) in [5.74, 6) is -0.456. The first-order chi connectivity index (χ1) is 6.26. The van der Waals surface area contributed by atoms with Crippen LogP contribution in [-0.4, -0.2) is 18.0 Å². The minimum Gasteiger partial charge on any atom is -0.392 e. The highest BCUT2D eigenvalue weighted by Gasteiger charge is 1.96. The number of carbonyl (C=O) groups is 1. The monoisotopic (exact) mass is 180 g/mol. The Morgan fingerprint density at radius 3 is 2.62 bits per heavy atom. The molecule has 0 atom stereocenters. The van der Waals surface area contributed by atoms with Crippen LogP contribution < -0.4 is 0 Å². The number of carbonyl (C=O) groups excluding carboxylic acids is 1. The molecular weight excluding hydrogens is 171 g/mol. The number of aliphatic hydroxyl groups is 1. The minimum absolute atomic E-state index is 0.104. The van der Waals surface area contributed by atoms with Crippen LogP contribution >= 0.6 is 0 Å². The molecule has 1 N–H and O–H groups in total. The molecule has 0 aliphatic rings. The van der Waals surface area contributed by atoms with Crippen molar-refractivity contribution in [2.75, 3.05) is 6.61 Å². The van der Waals surface area contributed by atoms with E-state index in [9.17, 15) is 9.18 Å². The second-order valence-electron chi connectivity index (χ2n) is 2.52. The largest absolute Gasteiger partial charge is 0.392 e. The molecule has 3 heteroatoms. The number of benzene rings is 1. The van der Waals surface area contributed by atoms with Crippen molar-refractivity contribution in [2.45, 2.75) is 0 Å². The highest BCUT2D eigenvalue weighted by Crippen LogP contribution is 2.09. The van der Waals surface area contributed by atoms with Crippen molar-refractivity contribution < 1.29 is 14.3 Å². The number of halogens is 1. The molecule has 13 heavy (non-hydrogen) atoms. The summed E-state index contributed by atoms with van der Waals surface area (Å²) in [4.78, 5) is 10.3. The lowest BCUT2D eigenvalue weighted by molar-refractivity contribution is 0.112. The molecule has 0 aliphatic heterocycles. The molecule has 0 spiro atoms. The standard InChI is InChI=1S/C10H9FO2/c11-10-5-8(2-1-3-12)4-9(6-10)7-13/h1-2,4-7,12H,3H2. The van der Waals surface area contributed by atoms with E-state index < -0.39 is 5.82 Å². The molecular formula is C10H9FO2. The Morgan fingerprint density at radius 2 is 2.00 bits per heavy atom. The zero-order chi connectivity index (χ0) is 9.68. The molecule has 0 fully saturated rings. The van der Waals surface area contributed by atoms with E-state index in [0.29, 0.717) is 11.8 Å². The first-order valence-corrected chi connectivity index (χ1v) is 3.79. The van der Waals surface area contributed by atoms with Gasteiger partial charge in [-0.3, -0.25) is 4.79 Å². The summed E-state index contributed by atoms with van der Waals surface area (Å²) < 4.78 is 12.8. The molecule has 1 rings (SSSR count). The molecule has 0 radical (unpaired) electrons. The third-order valence-electron chi connectivity index (χ3n) is 1.49. The maximum atomic E-state index is 12.8. The molecule has 0 bridgehead atoms. The topological polar surface area (TPSA) is 37.3 Å². The van der Waals surface area contributed by atoms with Crippen LogP contribution in [0.4, 0.5) is 4.39 Å². The minimum atomic E-state index is -0.456. The fourth-order valence-electron chi connectivity index (χ4n) is 0.989. The van der Waals surface area contributed by atoms with Crippen LogP contribution in [0.3, 0.4) is 0 Å². The quantitative estimate of drug-likeness (QED) is 0.718. The van der Waals surface area contributed by atoms with Gasteiger partial charge >= 0.3 is 0 Å². The van der Waals surface area contributed by atoms with Crippen molar-refractivity contribution in [3.05, 3.63) is 41.2 Å². The van der Waals surface area contributed by atoms with Gasteiger partial charge in [-0.25, -0.2) is 4.39 Å². The molecule has 0 saturated carbocycles. The highest BCUT2D eigenvalue weighted by molar-refractivity contribution is 5.76.